The van der Waals surface area contributed by atoms with Crippen LogP contribution in [0.5, 0.6) is 0 Å². The van der Waals surface area contributed by atoms with Crippen molar-refractivity contribution >= 4 is 27.5 Å². The molecule has 0 radical (unpaired) electrons. The molecule has 1 N–H and O–H groups in total. The molecular weight excluding hydrogens is 486 g/mol. The number of hydrogen-bond donors (Lipinski definition) is 1. The maximum atomic E-state index is 13.8. The van der Waals surface area contributed by atoms with E-state index < -0.39 is 28.5 Å². The van der Waals surface area contributed by atoms with E-state index in [-0.39, 0.29) is 17.3 Å². The molecule has 0 saturated carbocycles. The largest absolute Gasteiger partial charge is 0.354 e. The Balaban J connectivity index is 1.95. The molecule has 0 aliphatic rings. The first-order chi connectivity index (χ1) is 17.7. The first kappa shape index (κ1) is 27.9. The van der Waals surface area contributed by atoms with Crippen molar-refractivity contribution in [3.63, 3.8) is 0 Å². The number of carbonyl (C=O) groups is 2. The van der Waals surface area contributed by atoms with Gasteiger partial charge in [-0.2, -0.15) is 0 Å². The van der Waals surface area contributed by atoms with Crippen LogP contribution < -0.4 is 9.62 Å². The summed E-state index contributed by atoms with van der Waals surface area (Å²) in [4.78, 5) is 28.2. The molecule has 3 rings (SSSR count). The molecule has 0 aliphatic heterocycles. The van der Waals surface area contributed by atoms with Gasteiger partial charge in [-0.1, -0.05) is 79.6 Å². The average molecular weight is 522 g/mol. The Bertz CT molecular complexity index is 1260. The maximum absolute atomic E-state index is 13.8. The summed E-state index contributed by atoms with van der Waals surface area (Å²) in [6.07, 6.45) is 1.77. The van der Waals surface area contributed by atoms with Crippen molar-refractivity contribution in [2.24, 2.45) is 0 Å². The van der Waals surface area contributed by atoms with Crippen LogP contribution in [0, 0.1) is 6.92 Å². The molecule has 37 heavy (non-hydrogen) atoms. The van der Waals surface area contributed by atoms with Gasteiger partial charge in [-0.25, -0.2) is 8.42 Å². The summed E-state index contributed by atoms with van der Waals surface area (Å²) in [6.45, 7) is 5.83. The lowest BCUT2D eigenvalue weighted by atomic mass is 10.1. The highest BCUT2D eigenvalue weighted by molar-refractivity contribution is 7.92. The molecule has 0 aromatic heterocycles. The van der Waals surface area contributed by atoms with Gasteiger partial charge < -0.3 is 10.2 Å². The Morgan fingerprint density at radius 1 is 0.892 bits per heavy atom. The summed E-state index contributed by atoms with van der Waals surface area (Å²) in [6, 6.07) is 23.6. The summed E-state index contributed by atoms with van der Waals surface area (Å²) >= 11 is 0. The minimum atomic E-state index is -4.05. The predicted octanol–water partition coefficient (Wildman–Crippen LogP) is 4.52. The van der Waals surface area contributed by atoms with Gasteiger partial charge in [-0.15, -0.1) is 0 Å². The van der Waals surface area contributed by atoms with Crippen LogP contribution in [0.25, 0.3) is 0 Å². The second-order valence-corrected chi connectivity index (χ2v) is 10.9. The average Bonchev–Trinajstić information content (AvgIpc) is 2.91. The van der Waals surface area contributed by atoms with Crippen LogP contribution in [0.15, 0.2) is 89.8 Å². The molecule has 196 valence electrons. The number of benzene rings is 3. The van der Waals surface area contributed by atoms with Crippen LogP contribution in [0.1, 0.15) is 37.8 Å². The Kier molecular flexibility index (Phi) is 9.85. The number of carbonyl (C=O) groups excluding carboxylic acids is 2. The zero-order valence-electron chi connectivity index (χ0n) is 21.6. The first-order valence-corrected chi connectivity index (χ1v) is 13.9. The third kappa shape index (κ3) is 7.43. The van der Waals surface area contributed by atoms with Gasteiger partial charge in [0.1, 0.15) is 12.6 Å². The second-order valence-electron chi connectivity index (χ2n) is 8.99. The molecule has 0 spiro atoms. The Labute approximate surface area is 220 Å². The zero-order valence-corrected chi connectivity index (χ0v) is 22.4. The van der Waals surface area contributed by atoms with E-state index in [0.717, 1.165) is 28.3 Å². The number of rotatable bonds is 12. The van der Waals surface area contributed by atoms with Gasteiger partial charge in [0.2, 0.25) is 11.8 Å². The maximum Gasteiger partial charge on any atom is 0.264 e. The smallest absolute Gasteiger partial charge is 0.264 e. The monoisotopic (exact) mass is 521 g/mol. The van der Waals surface area contributed by atoms with Crippen molar-refractivity contribution in [2.45, 2.75) is 51.1 Å². The highest BCUT2D eigenvalue weighted by atomic mass is 32.2. The van der Waals surface area contributed by atoms with Gasteiger partial charge in [0.25, 0.3) is 10.0 Å². The molecule has 3 aromatic rings. The number of nitrogens with one attached hydrogen (secondary N) is 1. The van der Waals surface area contributed by atoms with Crippen LogP contribution in [-0.2, 0) is 26.2 Å². The number of hydrogen-bond acceptors (Lipinski definition) is 4. The molecule has 0 fully saturated rings. The standard InChI is InChI=1S/C29H35N3O4S/c1-4-5-20-30-29(34)24(3)31(21-25-12-8-6-9-13-25)28(33)22-32(26-14-10-7-11-15-26)37(35,36)27-18-16-23(2)17-19-27/h6-19,24H,4-5,20-22H2,1-3H3,(H,30,34)/t24-/m1/s1. The topological polar surface area (TPSA) is 86.8 Å². The Hall–Kier alpha value is -3.65. The zero-order chi connectivity index (χ0) is 26.8. The highest BCUT2D eigenvalue weighted by Crippen LogP contribution is 2.24. The van der Waals surface area contributed by atoms with Gasteiger partial charge in [0.15, 0.2) is 0 Å². The third-order valence-electron chi connectivity index (χ3n) is 6.12. The van der Waals surface area contributed by atoms with Crippen LogP contribution in [0.4, 0.5) is 5.69 Å². The lowest BCUT2D eigenvalue weighted by Crippen LogP contribution is -2.51. The minimum absolute atomic E-state index is 0.0923. The van der Waals surface area contributed by atoms with Crippen molar-refractivity contribution in [3.05, 3.63) is 96.1 Å². The summed E-state index contributed by atoms with van der Waals surface area (Å²) in [5, 5.41) is 2.89. The Morgan fingerprint density at radius 2 is 1.49 bits per heavy atom. The SMILES string of the molecule is CCCCNC(=O)[C@@H](C)N(Cc1ccccc1)C(=O)CN(c1ccccc1)S(=O)(=O)c1ccc(C)cc1. The van der Waals surface area contributed by atoms with Gasteiger partial charge in [0, 0.05) is 13.1 Å². The molecule has 7 nitrogen and oxygen atoms in total. The predicted molar refractivity (Wildman–Crippen MR) is 147 cm³/mol. The van der Waals surface area contributed by atoms with Crippen LogP contribution in [-0.4, -0.2) is 44.3 Å². The Morgan fingerprint density at radius 3 is 2.08 bits per heavy atom. The molecule has 8 heteroatoms. The van der Waals surface area contributed by atoms with Crippen LogP contribution in [0.3, 0.4) is 0 Å². The molecular formula is C29H35N3O4S. The fourth-order valence-electron chi connectivity index (χ4n) is 3.86. The van der Waals surface area contributed by atoms with Gasteiger partial charge in [-0.3, -0.25) is 13.9 Å². The quantitative estimate of drug-likeness (QED) is 0.355. The van der Waals surface area contributed by atoms with E-state index >= 15 is 0 Å². The number of amides is 2. The van der Waals surface area contributed by atoms with Crippen molar-refractivity contribution in [3.8, 4) is 0 Å². The van der Waals surface area contributed by atoms with Crippen molar-refractivity contribution < 1.29 is 18.0 Å². The lowest BCUT2D eigenvalue weighted by molar-refractivity contribution is -0.139. The number of unbranched alkanes of at least 4 members (excludes halogenated alkanes) is 1. The second kappa shape index (κ2) is 13.1. The summed E-state index contributed by atoms with van der Waals surface area (Å²) in [5.41, 5.74) is 2.14. The number of para-hydroxylation sites is 1. The fraction of sp³-hybridized carbons (Fsp3) is 0.310. The van der Waals surface area contributed by atoms with E-state index in [1.807, 2.05) is 44.2 Å². The van der Waals surface area contributed by atoms with Gasteiger partial charge in [0.05, 0.1) is 10.6 Å². The van der Waals surface area contributed by atoms with Crippen molar-refractivity contribution in [1.29, 1.82) is 0 Å². The van der Waals surface area contributed by atoms with Crippen molar-refractivity contribution in [1.82, 2.24) is 10.2 Å². The minimum Gasteiger partial charge on any atom is -0.354 e. The number of anilines is 1. The number of sulfonamides is 1. The fourth-order valence-corrected chi connectivity index (χ4v) is 5.27. The summed E-state index contributed by atoms with van der Waals surface area (Å²) in [5.74, 6) is -0.744. The highest BCUT2D eigenvalue weighted by Gasteiger charge is 2.32. The number of aryl methyl sites for hydroxylation is 1. The van der Waals surface area contributed by atoms with E-state index in [1.165, 1.54) is 17.0 Å². The van der Waals surface area contributed by atoms with Gasteiger partial charge >= 0.3 is 0 Å². The van der Waals surface area contributed by atoms with E-state index in [1.54, 1.807) is 49.4 Å². The molecule has 0 unspecified atom stereocenters. The lowest BCUT2D eigenvalue weighted by Gasteiger charge is -2.32. The van der Waals surface area contributed by atoms with Crippen molar-refractivity contribution in [2.75, 3.05) is 17.4 Å². The molecule has 0 bridgehead atoms. The van der Waals surface area contributed by atoms with E-state index in [2.05, 4.69) is 5.32 Å². The molecule has 0 saturated heterocycles. The molecule has 1 atom stereocenters. The summed E-state index contributed by atoms with van der Waals surface area (Å²) in [7, 11) is -4.05. The summed E-state index contributed by atoms with van der Waals surface area (Å²) < 4.78 is 28.5. The van der Waals surface area contributed by atoms with Crippen LogP contribution >= 0.6 is 0 Å². The molecule has 0 aliphatic carbocycles. The first-order valence-electron chi connectivity index (χ1n) is 12.5. The third-order valence-corrected chi connectivity index (χ3v) is 7.91. The van der Waals surface area contributed by atoms with Gasteiger partial charge in [-0.05, 0) is 50.1 Å². The van der Waals surface area contributed by atoms with Crippen LogP contribution in [0.2, 0.25) is 0 Å². The molecule has 3 aromatic carbocycles. The normalized spacial score (nSPS) is 12.0. The van der Waals surface area contributed by atoms with E-state index in [0.29, 0.717) is 12.2 Å². The number of nitrogens with zero attached hydrogens (tertiary/aromatic N) is 2. The van der Waals surface area contributed by atoms with E-state index in [4.69, 9.17) is 0 Å². The van der Waals surface area contributed by atoms with E-state index in [9.17, 15) is 18.0 Å². The molecule has 0 heterocycles. The molecule has 2 amide bonds.